The van der Waals surface area contributed by atoms with Crippen LogP contribution in [0.4, 0.5) is 0 Å². The van der Waals surface area contributed by atoms with E-state index in [0.29, 0.717) is 0 Å². The number of aromatic nitrogens is 4. The van der Waals surface area contributed by atoms with Crippen molar-refractivity contribution in [3.05, 3.63) is 18.5 Å². The summed E-state index contributed by atoms with van der Waals surface area (Å²) in [6.07, 6.45) is 3.69. The van der Waals surface area contributed by atoms with E-state index in [-0.39, 0.29) is 0 Å². The Balaban J connectivity index is 2.99. The van der Waals surface area contributed by atoms with E-state index < -0.39 is 0 Å². The Kier molecular flexibility index (Phi) is 0.903. The molecule has 2 aromatic rings. The first kappa shape index (κ1) is 5.06. The predicted octanol–water partition coefficient (Wildman–Crippen LogP) is -1.07. The van der Waals surface area contributed by atoms with E-state index in [1.807, 2.05) is 15.9 Å². The zero-order chi connectivity index (χ0) is 6.27. The van der Waals surface area contributed by atoms with Gasteiger partial charge in [0.25, 0.3) is 0 Å². The summed E-state index contributed by atoms with van der Waals surface area (Å²) in [6, 6.07) is 1.97. The fraction of sp³-hybridized carbons (Fsp3) is 0. The van der Waals surface area contributed by atoms with Crippen molar-refractivity contribution in [1.82, 2.24) is 18.5 Å². The molecule has 46 valence electrons. The molecule has 0 spiro atoms. The van der Waals surface area contributed by atoms with Crippen molar-refractivity contribution in [2.75, 3.05) is 0 Å². The van der Waals surface area contributed by atoms with E-state index >= 15 is 0 Å². The average Bonchev–Trinajstić information content (AvgIpc) is 2.35. The molecule has 0 amide bonds. The van der Waals surface area contributed by atoms with Gasteiger partial charge < -0.3 is 0 Å². The van der Waals surface area contributed by atoms with Crippen LogP contribution in [0.15, 0.2) is 18.5 Å². The molecule has 0 aliphatic rings. The molecule has 0 saturated carbocycles. The van der Waals surface area contributed by atoms with Gasteiger partial charge in [-0.05, 0) is 0 Å². The Morgan fingerprint density at radius 1 is 1.56 bits per heavy atom. The Morgan fingerprint density at radius 2 is 2.44 bits per heavy atom. The molecule has 2 aromatic heterocycles. The monoisotopic (exact) mass is 184 g/mol. The normalized spacial score (nSPS) is 10.8. The van der Waals surface area contributed by atoms with E-state index in [9.17, 15) is 0 Å². The van der Waals surface area contributed by atoms with Crippen LogP contribution in [0.1, 0.15) is 0 Å². The van der Waals surface area contributed by atoms with E-state index in [1.165, 1.54) is 17.1 Å². The van der Waals surface area contributed by atoms with Crippen molar-refractivity contribution in [2.24, 2.45) is 0 Å². The van der Waals surface area contributed by atoms with Crippen LogP contribution in [0.5, 0.6) is 0 Å². The number of nitrogens with zero attached hydrogens (tertiary/aromatic N) is 4. The fourth-order valence-electron chi connectivity index (χ4n) is 0.742. The van der Waals surface area contributed by atoms with E-state index in [0.717, 1.165) is 5.52 Å². The summed E-state index contributed by atoms with van der Waals surface area (Å²) >= 11 is 1.48. The van der Waals surface area contributed by atoms with Crippen LogP contribution in [0.3, 0.4) is 0 Å². The molecule has 4 nitrogen and oxygen atoms in total. The van der Waals surface area contributed by atoms with E-state index in [2.05, 4.69) is 10.3 Å². The molecule has 5 heteroatoms. The number of rotatable bonds is 0. The molecule has 2 rings (SSSR count). The number of hydrogen-bond donors (Lipinski definition) is 0. The molecule has 0 N–H and O–H groups in total. The first-order valence-electron chi connectivity index (χ1n) is 2.51. The second-order valence-electron chi connectivity index (χ2n) is 1.74. The van der Waals surface area contributed by atoms with Gasteiger partial charge in [0.15, 0.2) is 0 Å². The predicted molar refractivity (Wildman–Crippen MR) is 34.9 cm³/mol. The standard InChI is InChI=1S/C4H5AsN4/c5-8-2-1-4-3-6-7-9(4)8/h1-3H,5H2. The van der Waals surface area contributed by atoms with Crippen molar-refractivity contribution in [3.63, 3.8) is 0 Å². The van der Waals surface area contributed by atoms with Gasteiger partial charge in [0.05, 0.1) is 0 Å². The van der Waals surface area contributed by atoms with E-state index in [4.69, 9.17) is 0 Å². The Labute approximate surface area is 60.2 Å². The molecule has 0 bridgehead atoms. The Bertz CT molecular complexity index is 322. The molecule has 0 radical (unpaired) electrons. The third kappa shape index (κ3) is 0.597. The van der Waals surface area contributed by atoms with E-state index in [1.54, 1.807) is 10.8 Å². The molecule has 0 aliphatic carbocycles. The Hall–Kier alpha value is -0.762. The fourth-order valence-corrected chi connectivity index (χ4v) is 1.30. The molecular weight excluding hydrogens is 179 g/mol. The molecule has 0 fully saturated rings. The van der Waals surface area contributed by atoms with Crippen molar-refractivity contribution in [1.29, 1.82) is 0 Å². The zero-order valence-corrected chi connectivity index (χ0v) is 7.02. The molecule has 0 aromatic carbocycles. The molecule has 1 atom stereocenters. The summed E-state index contributed by atoms with van der Waals surface area (Å²) in [4.78, 5) is 0. The van der Waals surface area contributed by atoms with Crippen LogP contribution >= 0.6 is 0 Å². The van der Waals surface area contributed by atoms with Crippen molar-refractivity contribution in [3.8, 4) is 0 Å². The van der Waals surface area contributed by atoms with Crippen LogP contribution in [0, 0.1) is 0 Å². The SMILES string of the molecule is [AsH2]n1ccc2cnnn21. The summed E-state index contributed by atoms with van der Waals surface area (Å²) in [5.74, 6) is 0. The van der Waals surface area contributed by atoms with Crippen LogP contribution in [-0.4, -0.2) is 35.6 Å². The van der Waals surface area contributed by atoms with Crippen LogP contribution in [-0.2, 0) is 0 Å². The topological polar surface area (TPSA) is 35.1 Å². The van der Waals surface area contributed by atoms with Crippen molar-refractivity contribution >= 4 is 22.6 Å². The molecular formula is C4H5AsN4. The summed E-state index contributed by atoms with van der Waals surface area (Å²) < 4.78 is 3.68. The van der Waals surface area contributed by atoms with Crippen LogP contribution < -0.4 is 0 Å². The van der Waals surface area contributed by atoms with Gasteiger partial charge in [-0.3, -0.25) is 0 Å². The molecule has 0 aliphatic heterocycles. The second kappa shape index (κ2) is 1.61. The number of fused-ring (bicyclic) bond motifs is 1. The summed E-state index contributed by atoms with van der Waals surface area (Å²) in [5.41, 5.74) is 1.04. The average molecular weight is 184 g/mol. The first-order chi connectivity index (χ1) is 4.38. The van der Waals surface area contributed by atoms with Gasteiger partial charge in [0.1, 0.15) is 0 Å². The summed E-state index contributed by atoms with van der Waals surface area (Å²) in [5, 5.41) is 7.55. The van der Waals surface area contributed by atoms with Gasteiger partial charge in [-0.2, -0.15) is 0 Å². The number of hydrogen-bond acceptors (Lipinski definition) is 2. The van der Waals surface area contributed by atoms with Crippen LogP contribution in [0.25, 0.3) is 5.52 Å². The van der Waals surface area contributed by atoms with Gasteiger partial charge in [0, 0.05) is 0 Å². The van der Waals surface area contributed by atoms with Crippen molar-refractivity contribution in [2.45, 2.75) is 0 Å². The van der Waals surface area contributed by atoms with Gasteiger partial charge >= 0.3 is 59.6 Å². The quantitative estimate of drug-likeness (QED) is 0.488. The second-order valence-corrected chi connectivity index (χ2v) is 2.85. The first-order valence-corrected chi connectivity index (χ1v) is 3.59. The summed E-state index contributed by atoms with van der Waals surface area (Å²) in [6.45, 7) is 0. The van der Waals surface area contributed by atoms with Crippen LogP contribution in [0.2, 0.25) is 0 Å². The molecule has 9 heavy (non-hydrogen) atoms. The van der Waals surface area contributed by atoms with Gasteiger partial charge in [-0.1, -0.05) is 0 Å². The van der Waals surface area contributed by atoms with Gasteiger partial charge in [0.2, 0.25) is 0 Å². The minimum absolute atomic E-state index is 1.04. The van der Waals surface area contributed by atoms with Gasteiger partial charge in [-0.15, -0.1) is 0 Å². The molecule has 1 unspecified atom stereocenters. The zero-order valence-electron chi connectivity index (χ0n) is 4.60. The maximum atomic E-state index is 3.82. The Morgan fingerprint density at radius 3 is 3.22 bits per heavy atom. The third-order valence-electron chi connectivity index (χ3n) is 1.17. The maximum absolute atomic E-state index is 3.82. The summed E-state index contributed by atoms with van der Waals surface area (Å²) in [7, 11) is 0. The van der Waals surface area contributed by atoms with Gasteiger partial charge in [-0.25, -0.2) is 0 Å². The minimum atomic E-state index is 1.04. The van der Waals surface area contributed by atoms with Crippen molar-refractivity contribution < 1.29 is 0 Å². The molecule has 2 heterocycles. The molecule has 0 saturated heterocycles. The third-order valence-corrected chi connectivity index (χ3v) is 1.99.